The van der Waals surface area contributed by atoms with Gasteiger partial charge in [-0.2, -0.15) is 0 Å². The molecule has 10 rings (SSSR count). The summed E-state index contributed by atoms with van der Waals surface area (Å²) in [6.07, 6.45) is 0. The first-order chi connectivity index (χ1) is 23.3. The molecule has 1 nitrogen and oxygen atoms in total. The standard InChI is InChI=1S/C46H35NS/c1-45(2)37-16-9-7-14-32(37)35-26-29(21-24-39(35)45)47(30-22-25-40-36(27-30)33-15-8-10-17-38(33)46(40,3)4)41-18-11-19-42-43(41)34-23-20-28-12-5-6-13-31(28)44(34)48-42/h5-27H,1-4H3. The van der Waals surface area contributed by atoms with E-state index in [0.29, 0.717) is 0 Å². The second kappa shape index (κ2) is 9.69. The van der Waals surface area contributed by atoms with Crippen LogP contribution in [0.15, 0.2) is 140 Å². The fourth-order valence-corrected chi connectivity index (χ4v) is 10.1. The van der Waals surface area contributed by atoms with E-state index >= 15 is 0 Å². The SMILES string of the molecule is CC1(C)c2ccccc2-c2cc(N(c3ccc4c(c3)-c3ccccc3C4(C)C)c3cccc4sc5c6ccccc6ccc5c34)ccc21. The summed E-state index contributed by atoms with van der Waals surface area (Å²) >= 11 is 1.91. The van der Waals surface area contributed by atoms with Crippen molar-refractivity contribution in [2.24, 2.45) is 0 Å². The summed E-state index contributed by atoms with van der Waals surface area (Å²) in [6.45, 7) is 9.43. The number of rotatable bonds is 3. The molecule has 2 aliphatic rings. The summed E-state index contributed by atoms with van der Waals surface area (Å²) in [5, 5.41) is 5.23. The minimum Gasteiger partial charge on any atom is -0.310 e. The van der Waals surface area contributed by atoms with Gasteiger partial charge in [-0.25, -0.2) is 0 Å². The summed E-state index contributed by atoms with van der Waals surface area (Å²) in [5.41, 5.74) is 14.4. The molecule has 48 heavy (non-hydrogen) atoms. The van der Waals surface area contributed by atoms with Crippen LogP contribution in [-0.4, -0.2) is 0 Å². The second-order valence-electron chi connectivity index (χ2n) is 14.6. The molecule has 0 atom stereocenters. The summed E-state index contributed by atoms with van der Waals surface area (Å²) in [6, 6.07) is 52.5. The molecule has 0 aliphatic heterocycles. The van der Waals surface area contributed by atoms with Crippen LogP contribution in [-0.2, 0) is 10.8 Å². The fourth-order valence-electron chi connectivity index (χ4n) is 8.84. The Kier molecular flexibility index (Phi) is 5.63. The van der Waals surface area contributed by atoms with Crippen LogP contribution in [0.4, 0.5) is 17.1 Å². The summed E-state index contributed by atoms with van der Waals surface area (Å²) < 4.78 is 2.66. The number of fused-ring (bicyclic) bond motifs is 11. The zero-order valence-corrected chi connectivity index (χ0v) is 28.5. The Bertz CT molecular complexity index is 2530. The molecule has 0 fully saturated rings. The van der Waals surface area contributed by atoms with E-state index in [1.165, 1.54) is 92.5 Å². The lowest BCUT2D eigenvalue weighted by molar-refractivity contribution is 0.660. The maximum Gasteiger partial charge on any atom is 0.0554 e. The van der Waals surface area contributed by atoms with Gasteiger partial charge in [-0.3, -0.25) is 0 Å². The monoisotopic (exact) mass is 633 g/mol. The lowest BCUT2D eigenvalue weighted by Crippen LogP contribution is -2.16. The maximum atomic E-state index is 2.52. The van der Waals surface area contributed by atoms with E-state index in [-0.39, 0.29) is 10.8 Å². The zero-order chi connectivity index (χ0) is 32.4. The Balaban J connectivity index is 1.27. The van der Waals surface area contributed by atoms with Crippen LogP contribution in [0, 0.1) is 0 Å². The quantitative estimate of drug-likeness (QED) is 0.187. The van der Waals surface area contributed by atoms with Crippen LogP contribution in [0.5, 0.6) is 0 Å². The molecule has 1 aromatic heterocycles. The minimum atomic E-state index is -0.0389. The van der Waals surface area contributed by atoms with E-state index in [4.69, 9.17) is 0 Å². The Morgan fingerprint density at radius 2 is 1.02 bits per heavy atom. The largest absolute Gasteiger partial charge is 0.310 e. The number of thiophene rings is 1. The van der Waals surface area contributed by atoms with Crippen LogP contribution in [0.2, 0.25) is 0 Å². The van der Waals surface area contributed by atoms with Crippen LogP contribution in [0.3, 0.4) is 0 Å². The Hall–Kier alpha value is -5.18. The first-order valence-corrected chi connectivity index (χ1v) is 17.8. The molecule has 230 valence electrons. The third kappa shape index (κ3) is 3.67. The molecule has 0 saturated heterocycles. The summed E-state index contributed by atoms with van der Waals surface area (Å²) in [5.74, 6) is 0. The van der Waals surface area contributed by atoms with Gasteiger partial charge in [0.1, 0.15) is 0 Å². The van der Waals surface area contributed by atoms with Gasteiger partial charge in [-0.1, -0.05) is 131 Å². The van der Waals surface area contributed by atoms with Crippen molar-refractivity contribution in [3.8, 4) is 22.3 Å². The van der Waals surface area contributed by atoms with Crippen LogP contribution < -0.4 is 4.90 Å². The van der Waals surface area contributed by atoms with Gasteiger partial charge in [0.2, 0.25) is 0 Å². The fraction of sp³-hybridized carbons (Fsp3) is 0.130. The summed E-state index contributed by atoms with van der Waals surface area (Å²) in [7, 11) is 0. The van der Waals surface area contributed by atoms with Crippen molar-refractivity contribution in [1.82, 2.24) is 0 Å². The third-order valence-corrected chi connectivity index (χ3v) is 12.5. The molecule has 2 aliphatic carbocycles. The van der Waals surface area contributed by atoms with E-state index < -0.39 is 0 Å². The highest BCUT2D eigenvalue weighted by Crippen LogP contribution is 2.54. The number of hydrogen-bond donors (Lipinski definition) is 0. The topological polar surface area (TPSA) is 3.24 Å². The number of anilines is 3. The average molecular weight is 634 g/mol. The molecule has 7 aromatic carbocycles. The number of hydrogen-bond acceptors (Lipinski definition) is 2. The Labute approximate surface area is 285 Å². The molecule has 1 heterocycles. The highest BCUT2D eigenvalue weighted by atomic mass is 32.1. The predicted molar refractivity (Wildman–Crippen MR) is 207 cm³/mol. The second-order valence-corrected chi connectivity index (χ2v) is 15.6. The lowest BCUT2D eigenvalue weighted by Gasteiger charge is -2.29. The molecule has 0 saturated carbocycles. The van der Waals surface area contributed by atoms with Gasteiger partial charge in [-0.15, -0.1) is 11.3 Å². The average Bonchev–Trinajstić information content (AvgIpc) is 3.69. The molecule has 0 spiro atoms. The predicted octanol–water partition coefficient (Wildman–Crippen LogP) is 13.3. The van der Waals surface area contributed by atoms with Gasteiger partial charge in [-0.05, 0) is 91.7 Å². The normalized spacial score (nSPS) is 15.0. The first-order valence-electron chi connectivity index (χ1n) is 16.9. The molecular formula is C46H35NS. The van der Waals surface area contributed by atoms with Crippen LogP contribution in [0.1, 0.15) is 49.9 Å². The van der Waals surface area contributed by atoms with Crippen LogP contribution in [0.25, 0.3) is 53.2 Å². The summed E-state index contributed by atoms with van der Waals surface area (Å²) in [4.78, 5) is 2.52. The smallest absolute Gasteiger partial charge is 0.0554 e. The van der Waals surface area contributed by atoms with Crippen molar-refractivity contribution >= 4 is 59.3 Å². The third-order valence-electron chi connectivity index (χ3n) is 11.3. The van der Waals surface area contributed by atoms with Crippen molar-refractivity contribution in [3.05, 3.63) is 162 Å². The van der Waals surface area contributed by atoms with Crippen molar-refractivity contribution in [2.75, 3.05) is 4.90 Å². The van der Waals surface area contributed by atoms with Crippen LogP contribution >= 0.6 is 11.3 Å². The van der Waals surface area contributed by atoms with E-state index in [2.05, 4.69) is 172 Å². The van der Waals surface area contributed by atoms with Gasteiger partial charge < -0.3 is 4.90 Å². The molecule has 0 N–H and O–H groups in total. The molecule has 0 unspecified atom stereocenters. The van der Waals surface area contributed by atoms with E-state index in [0.717, 1.165) is 0 Å². The maximum absolute atomic E-state index is 2.52. The molecule has 0 bridgehead atoms. The first kappa shape index (κ1) is 27.9. The number of nitrogens with zero attached hydrogens (tertiary/aromatic N) is 1. The van der Waals surface area contributed by atoms with Gasteiger partial charge in [0, 0.05) is 42.4 Å². The van der Waals surface area contributed by atoms with Gasteiger partial charge in [0.05, 0.1) is 5.69 Å². The zero-order valence-electron chi connectivity index (χ0n) is 27.6. The molecule has 0 amide bonds. The molecule has 2 heteroatoms. The van der Waals surface area contributed by atoms with Gasteiger partial charge in [0.15, 0.2) is 0 Å². The molecular weight excluding hydrogens is 599 g/mol. The van der Waals surface area contributed by atoms with E-state index in [9.17, 15) is 0 Å². The number of benzene rings is 7. The van der Waals surface area contributed by atoms with E-state index in [1.54, 1.807) is 0 Å². The van der Waals surface area contributed by atoms with Crippen molar-refractivity contribution < 1.29 is 0 Å². The molecule has 8 aromatic rings. The van der Waals surface area contributed by atoms with Gasteiger partial charge >= 0.3 is 0 Å². The highest BCUT2D eigenvalue weighted by Gasteiger charge is 2.37. The van der Waals surface area contributed by atoms with Crippen molar-refractivity contribution in [3.63, 3.8) is 0 Å². The lowest BCUT2D eigenvalue weighted by atomic mass is 9.82. The van der Waals surface area contributed by atoms with E-state index in [1.807, 2.05) is 11.3 Å². The minimum absolute atomic E-state index is 0.0389. The van der Waals surface area contributed by atoms with Crippen molar-refractivity contribution in [2.45, 2.75) is 38.5 Å². The Morgan fingerprint density at radius 1 is 0.458 bits per heavy atom. The van der Waals surface area contributed by atoms with Gasteiger partial charge in [0.25, 0.3) is 0 Å². The van der Waals surface area contributed by atoms with Crippen molar-refractivity contribution in [1.29, 1.82) is 0 Å². The highest BCUT2D eigenvalue weighted by molar-refractivity contribution is 7.26. The molecule has 0 radical (unpaired) electrons. The Morgan fingerprint density at radius 3 is 1.67 bits per heavy atom.